The Morgan fingerprint density at radius 2 is 1.83 bits per heavy atom. The molecule has 1 heterocycles. The Labute approximate surface area is 111 Å². The lowest BCUT2D eigenvalue weighted by Gasteiger charge is -2.46. The van der Waals surface area contributed by atoms with Crippen molar-refractivity contribution in [1.82, 2.24) is 4.90 Å². The van der Waals surface area contributed by atoms with Crippen molar-refractivity contribution in [3.8, 4) is 0 Å². The molecule has 1 saturated heterocycles. The number of rotatable bonds is 2. The first-order valence-electron chi connectivity index (χ1n) is 7.43. The molecule has 18 heavy (non-hydrogen) atoms. The highest BCUT2D eigenvalue weighted by molar-refractivity contribution is 5.74. The molecule has 0 spiro atoms. The Morgan fingerprint density at radius 1 is 1.22 bits per heavy atom. The SMILES string of the molecule is CC1CCCN(C2CCC(C)(C(=O)O)CC2)C1C. The van der Waals surface area contributed by atoms with Crippen LogP contribution in [0.3, 0.4) is 0 Å². The van der Waals surface area contributed by atoms with Crippen LogP contribution in [0.1, 0.15) is 59.3 Å². The number of carboxylic acid groups (broad SMARTS) is 1. The maximum atomic E-state index is 11.3. The molecule has 2 atom stereocenters. The van der Waals surface area contributed by atoms with Crippen LogP contribution in [0.5, 0.6) is 0 Å². The van der Waals surface area contributed by atoms with E-state index in [9.17, 15) is 9.90 Å². The molecule has 0 aromatic heterocycles. The monoisotopic (exact) mass is 253 g/mol. The summed E-state index contributed by atoms with van der Waals surface area (Å²) in [7, 11) is 0. The Morgan fingerprint density at radius 3 is 2.39 bits per heavy atom. The minimum Gasteiger partial charge on any atom is -0.481 e. The van der Waals surface area contributed by atoms with Crippen molar-refractivity contribution in [3.63, 3.8) is 0 Å². The Hall–Kier alpha value is -0.570. The number of hydrogen-bond donors (Lipinski definition) is 1. The van der Waals surface area contributed by atoms with E-state index >= 15 is 0 Å². The number of carboxylic acids is 1. The number of hydrogen-bond acceptors (Lipinski definition) is 2. The molecule has 0 aromatic carbocycles. The van der Waals surface area contributed by atoms with E-state index in [0.717, 1.165) is 31.6 Å². The number of nitrogens with zero attached hydrogens (tertiary/aromatic N) is 1. The third kappa shape index (κ3) is 2.56. The highest BCUT2D eigenvalue weighted by Crippen LogP contribution is 2.39. The minimum atomic E-state index is -0.610. The zero-order chi connectivity index (χ0) is 13.3. The molecule has 3 heteroatoms. The smallest absolute Gasteiger partial charge is 0.309 e. The summed E-state index contributed by atoms with van der Waals surface area (Å²) in [4.78, 5) is 13.9. The van der Waals surface area contributed by atoms with E-state index < -0.39 is 11.4 Å². The summed E-state index contributed by atoms with van der Waals surface area (Å²) >= 11 is 0. The van der Waals surface area contributed by atoms with Crippen LogP contribution < -0.4 is 0 Å². The largest absolute Gasteiger partial charge is 0.481 e. The van der Waals surface area contributed by atoms with Gasteiger partial charge in [0.2, 0.25) is 0 Å². The summed E-state index contributed by atoms with van der Waals surface area (Å²) in [6, 6.07) is 1.29. The molecule has 2 unspecified atom stereocenters. The van der Waals surface area contributed by atoms with E-state index in [1.165, 1.54) is 19.4 Å². The van der Waals surface area contributed by atoms with Crippen molar-refractivity contribution in [2.75, 3.05) is 6.54 Å². The zero-order valence-corrected chi connectivity index (χ0v) is 12.0. The van der Waals surface area contributed by atoms with Gasteiger partial charge in [-0.2, -0.15) is 0 Å². The third-order valence-corrected chi connectivity index (χ3v) is 5.47. The van der Waals surface area contributed by atoms with Gasteiger partial charge in [0.15, 0.2) is 0 Å². The first-order chi connectivity index (χ1) is 8.44. The Kier molecular flexibility index (Phi) is 4.00. The van der Waals surface area contributed by atoms with Crippen molar-refractivity contribution < 1.29 is 9.90 Å². The molecule has 2 aliphatic rings. The van der Waals surface area contributed by atoms with Gasteiger partial charge >= 0.3 is 5.97 Å². The average molecular weight is 253 g/mol. The van der Waals surface area contributed by atoms with Gasteiger partial charge in [-0.05, 0) is 64.8 Å². The summed E-state index contributed by atoms with van der Waals surface area (Å²) in [5, 5.41) is 9.27. The molecule has 2 rings (SSSR count). The van der Waals surface area contributed by atoms with E-state index in [1.807, 2.05) is 6.92 Å². The van der Waals surface area contributed by atoms with Gasteiger partial charge in [-0.15, -0.1) is 0 Å². The molecule has 0 amide bonds. The van der Waals surface area contributed by atoms with Gasteiger partial charge in [0.25, 0.3) is 0 Å². The number of carbonyl (C=O) groups is 1. The standard InChI is InChI=1S/C15H27NO2/c1-11-5-4-10-16(12(11)2)13-6-8-15(3,9-7-13)14(17)18/h11-13H,4-10H2,1-3H3,(H,17,18). The van der Waals surface area contributed by atoms with Crippen LogP contribution in [0.25, 0.3) is 0 Å². The number of likely N-dealkylation sites (tertiary alicyclic amines) is 1. The predicted octanol–water partition coefficient (Wildman–Crippen LogP) is 3.14. The Balaban J connectivity index is 1.95. The maximum Gasteiger partial charge on any atom is 0.309 e. The lowest BCUT2D eigenvalue weighted by atomic mass is 9.73. The third-order valence-electron chi connectivity index (χ3n) is 5.47. The molecule has 0 aromatic rings. The second-order valence-electron chi connectivity index (χ2n) is 6.69. The van der Waals surface area contributed by atoms with Crippen LogP contribution in [-0.2, 0) is 4.79 Å². The van der Waals surface area contributed by atoms with Crippen LogP contribution >= 0.6 is 0 Å². The normalized spacial score (nSPS) is 42.7. The quantitative estimate of drug-likeness (QED) is 0.822. The zero-order valence-electron chi connectivity index (χ0n) is 12.0. The van der Waals surface area contributed by atoms with Crippen molar-refractivity contribution >= 4 is 5.97 Å². The van der Waals surface area contributed by atoms with Gasteiger partial charge < -0.3 is 5.11 Å². The van der Waals surface area contributed by atoms with Gasteiger partial charge in [0.05, 0.1) is 5.41 Å². The molecule has 1 aliphatic heterocycles. The highest BCUT2D eigenvalue weighted by atomic mass is 16.4. The highest BCUT2D eigenvalue weighted by Gasteiger charge is 2.40. The second-order valence-corrected chi connectivity index (χ2v) is 6.69. The number of aliphatic carboxylic acids is 1. The Bertz CT molecular complexity index is 308. The van der Waals surface area contributed by atoms with E-state index in [2.05, 4.69) is 18.7 Å². The molecule has 104 valence electrons. The van der Waals surface area contributed by atoms with Crippen molar-refractivity contribution in [2.45, 2.75) is 71.4 Å². The van der Waals surface area contributed by atoms with E-state index in [4.69, 9.17) is 0 Å². The van der Waals surface area contributed by atoms with E-state index in [-0.39, 0.29) is 0 Å². The van der Waals surface area contributed by atoms with Crippen molar-refractivity contribution in [2.24, 2.45) is 11.3 Å². The first kappa shape index (κ1) is 13.9. The lowest BCUT2D eigenvalue weighted by Crippen LogP contribution is -2.50. The van der Waals surface area contributed by atoms with E-state index in [1.54, 1.807) is 0 Å². The summed E-state index contributed by atoms with van der Waals surface area (Å²) in [5.74, 6) is 0.174. The predicted molar refractivity (Wildman–Crippen MR) is 72.6 cm³/mol. The van der Waals surface area contributed by atoms with Crippen LogP contribution in [0.15, 0.2) is 0 Å². The van der Waals surface area contributed by atoms with Crippen molar-refractivity contribution in [1.29, 1.82) is 0 Å². The van der Waals surface area contributed by atoms with Gasteiger partial charge in [0, 0.05) is 12.1 Å². The fourth-order valence-electron chi connectivity index (χ4n) is 3.67. The topological polar surface area (TPSA) is 40.5 Å². The minimum absolute atomic E-state index is 0.471. The lowest BCUT2D eigenvalue weighted by molar-refractivity contribution is -0.150. The average Bonchev–Trinajstić information content (AvgIpc) is 2.34. The summed E-state index contributed by atoms with van der Waals surface area (Å²) in [5.41, 5.74) is -0.471. The van der Waals surface area contributed by atoms with E-state index in [0.29, 0.717) is 12.1 Å². The molecule has 3 nitrogen and oxygen atoms in total. The molecule has 1 N–H and O–H groups in total. The molecule has 0 radical (unpaired) electrons. The summed E-state index contributed by atoms with van der Waals surface area (Å²) in [6.07, 6.45) is 6.43. The van der Waals surface area contributed by atoms with Crippen LogP contribution in [0, 0.1) is 11.3 Å². The van der Waals surface area contributed by atoms with Crippen molar-refractivity contribution in [3.05, 3.63) is 0 Å². The summed E-state index contributed by atoms with van der Waals surface area (Å²) in [6.45, 7) is 7.81. The first-order valence-corrected chi connectivity index (χ1v) is 7.43. The van der Waals surface area contributed by atoms with Gasteiger partial charge in [-0.25, -0.2) is 0 Å². The van der Waals surface area contributed by atoms with Gasteiger partial charge in [-0.1, -0.05) is 6.92 Å². The molecule has 1 saturated carbocycles. The fraction of sp³-hybridized carbons (Fsp3) is 0.933. The summed E-state index contributed by atoms with van der Waals surface area (Å²) < 4.78 is 0. The molecular weight excluding hydrogens is 226 g/mol. The van der Waals surface area contributed by atoms with Gasteiger partial charge in [0.1, 0.15) is 0 Å². The number of piperidine rings is 1. The molecule has 2 fully saturated rings. The van der Waals surface area contributed by atoms with Crippen LogP contribution in [0.4, 0.5) is 0 Å². The van der Waals surface area contributed by atoms with Crippen LogP contribution in [0.2, 0.25) is 0 Å². The molecule has 1 aliphatic carbocycles. The fourth-order valence-corrected chi connectivity index (χ4v) is 3.67. The second kappa shape index (κ2) is 5.20. The van der Waals surface area contributed by atoms with Gasteiger partial charge in [-0.3, -0.25) is 9.69 Å². The molecular formula is C15H27NO2. The molecule has 0 bridgehead atoms. The maximum absolute atomic E-state index is 11.3. The van der Waals surface area contributed by atoms with Crippen LogP contribution in [-0.4, -0.2) is 34.6 Å².